The minimum atomic E-state index is -3.63. The number of aryl methyl sites for hydroxylation is 1. The molecule has 1 unspecified atom stereocenters. The Balaban J connectivity index is 1.91. The average Bonchev–Trinajstić information content (AvgIpc) is 2.79. The first-order valence-electron chi connectivity index (χ1n) is 6.20. The lowest BCUT2D eigenvalue weighted by molar-refractivity contribution is 0.139. The fourth-order valence-corrected chi connectivity index (χ4v) is 2.58. The third kappa shape index (κ3) is 3.61. The van der Waals surface area contributed by atoms with Gasteiger partial charge in [-0.15, -0.1) is 0 Å². The van der Waals surface area contributed by atoms with Crippen LogP contribution < -0.4 is 0 Å². The molecule has 1 N–H and O–H groups in total. The Bertz CT molecular complexity index is 630. The van der Waals surface area contributed by atoms with Crippen molar-refractivity contribution in [2.24, 2.45) is 0 Å². The Morgan fingerprint density at radius 3 is 2.95 bits per heavy atom. The Morgan fingerprint density at radius 1 is 1.40 bits per heavy atom. The zero-order valence-electron chi connectivity index (χ0n) is 11.4. The highest BCUT2D eigenvalue weighted by Crippen LogP contribution is 2.41. The standard InChI is InChI=1S/C11H17N4O4P/c1-3-19-20(16,17)8-18-5-4-15-7-14-10-9(2)12-6-13-11(10)15/h6-7H,3-5,8H2,1-2H3,(H,16,17). The molecule has 110 valence electrons. The third-order valence-electron chi connectivity index (χ3n) is 2.65. The topological polar surface area (TPSA) is 99.4 Å². The molecule has 0 saturated carbocycles. The van der Waals surface area contributed by atoms with Crippen molar-refractivity contribution in [1.29, 1.82) is 0 Å². The van der Waals surface area contributed by atoms with Gasteiger partial charge in [-0.1, -0.05) is 0 Å². The van der Waals surface area contributed by atoms with Crippen molar-refractivity contribution in [1.82, 2.24) is 19.5 Å². The van der Waals surface area contributed by atoms with Gasteiger partial charge in [0.05, 0.1) is 25.2 Å². The second kappa shape index (κ2) is 6.41. The Morgan fingerprint density at radius 2 is 2.20 bits per heavy atom. The van der Waals surface area contributed by atoms with Crippen LogP contribution in [-0.2, 0) is 20.4 Å². The molecule has 8 nitrogen and oxygen atoms in total. The Hall–Kier alpha value is -1.34. The number of hydrogen-bond acceptors (Lipinski definition) is 6. The van der Waals surface area contributed by atoms with Gasteiger partial charge in [-0.05, 0) is 13.8 Å². The highest BCUT2D eigenvalue weighted by molar-refractivity contribution is 7.52. The maximum absolute atomic E-state index is 11.4. The number of aromatic nitrogens is 4. The lowest BCUT2D eigenvalue weighted by Gasteiger charge is -2.11. The first kappa shape index (κ1) is 15.1. The van der Waals surface area contributed by atoms with Crippen LogP contribution in [0.15, 0.2) is 12.7 Å². The van der Waals surface area contributed by atoms with Gasteiger partial charge in [0.2, 0.25) is 0 Å². The quantitative estimate of drug-likeness (QED) is 0.608. The molecule has 0 fully saturated rings. The van der Waals surface area contributed by atoms with Crippen molar-refractivity contribution in [2.45, 2.75) is 20.4 Å². The number of hydrogen-bond donors (Lipinski definition) is 1. The molecule has 20 heavy (non-hydrogen) atoms. The van der Waals surface area contributed by atoms with Gasteiger partial charge >= 0.3 is 7.60 Å². The van der Waals surface area contributed by atoms with Crippen LogP contribution in [0.5, 0.6) is 0 Å². The van der Waals surface area contributed by atoms with E-state index in [0.29, 0.717) is 6.54 Å². The highest BCUT2D eigenvalue weighted by Gasteiger charge is 2.18. The molecule has 0 saturated heterocycles. The maximum atomic E-state index is 11.4. The Kier molecular flexibility index (Phi) is 4.82. The van der Waals surface area contributed by atoms with Crippen LogP contribution in [0.1, 0.15) is 12.6 Å². The summed E-state index contributed by atoms with van der Waals surface area (Å²) in [5.74, 6) is 0. The van der Waals surface area contributed by atoms with E-state index in [1.54, 1.807) is 13.3 Å². The lowest BCUT2D eigenvalue weighted by atomic mass is 10.4. The summed E-state index contributed by atoms with van der Waals surface area (Å²) in [6.45, 7) is 4.45. The predicted octanol–water partition coefficient (Wildman–Crippen LogP) is 1.33. The molecule has 2 heterocycles. The van der Waals surface area contributed by atoms with E-state index in [0.717, 1.165) is 16.9 Å². The van der Waals surface area contributed by atoms with E-state index >= 15 is 0 Å². The van der Waals surface area contributed by atoms with Gasteiger partial charge in [0.25, 0.3) is 0 Å². The fraction of sp³-hybridized carbons (Fsp3) is 0.545. The molecule has 1 atom stereocenters. The summed E-state index contributed by atoms with van der Waals surface area (Å²) in [6, 6.07) is 0. The van der Waals surface area contributed by atoms with Crippen LogP contribution in [0.4, 0.5) is 0 Å². The van der Waals surface area contributed by atoms with E-state index in [1.807, 2.05) is 11.5 Å². The molecule has 2 aromatic heterocycles. The summed E-state index contributed by atoms with van der Waals surface area (Å²) in [5.41, 5.74) is 2.28. The molecule has 2 aromatic rings. The summed E-state index contributed by atoms with van der Waals surface area (Å²) >= 11 is 0. The van der Waals surface area contributed by atoms with E-state index in [9.17, 15) is 9.46 Å². The highest BCUT2D eigenvalue weighted by atomic mass is 31.2. The summed E-state index contributed by atoms with van der Waals surface area (Å²) in [5, 5.41) is 0. The van der Waals surface area contributed by atoms with Crippen LogP contribution in [0.3, 0.4) is 0 Å². The molecule has 2 rings (SSSR count). The zero-order chi connectivity index (χ0) is 14.6. The van der Waals surface area contributed by atoms with Gasteiger partial charge in [-0.3, -0.25) is 4.57 Å². The molecule has 0 bridgehead atoms. The van der Waals surface area contributed by atoms with Gasteiger partial charge in [0, 0.05) is 6.54 Å². The molecule has 0 aliphatic heterocycles. The van der Waals surface area contributed by atoms with Crippen LogP contribution in [0, 0.1) is 6.92 Å². The monoisotopic (exact) mass is 300 g/mol. The minimum Gasteiger partial charge on any atom is -0.367 e. The van der Waals surface area contributed by atoms with Gasteiger partial charge in [0.15, 0.2) is 5.65 Å². The molecule has 0 aliphatic carbocycles. The van der Waals surface area contributed by atoms with Crippen molar-refractivity contribution >= 4 is 18.8 Å². The molecule has 0 radical (unpaired) electrons. The fourth-order valence-electron chi connectivity index (χ4n) is 1.74. The molecule has 0 spiro atoms. The molecular formula is C11H17N4O4P. The first-order valence-corrected chi connectivity index (χ1v) is 7.96. The summed E-state index contributed by atoms with van der Waals surface area (Å²) in [6.07, 6.45) is 2.81. The SMILES string of the molecule is CCOP(=O)(O)COCCn1cnc2c(C)ncnc21. The third-order valence-corrected chi connectivity index (χ3v) is 3.82. The maximum Gasteiger partial charge on any atom is 0.353 e. The predicted molar refractivity (Wildman–Crippen MR) is 72.3 cm³/mol. The second-order valence-corrected chi connectivity index (χ2v) is 5.95. The van der Waals surface area contributed by atoms with E-state index < -0.39 is 7.60 Å². The number of fused-ring (bicyclic) bond motifs is 1. The van der Waals surface area contributed by atoms with E-state index in [1.165, 1.54) is 6.33 Å². The lowest BCUT2D eigenvalue weighted by Crippen LogP contribution is -2.07. The van der Waals surface area contributed by atoms with Crippen molar-refractivity contribution in [2.75, 3.05) is 19.6 Å². The summed E-state index contributed by atoms with van der Waals surface area (Å²) in [4.78, 5) is 21.8. The van der Waals surface area contributed by atoms with Gasteiger partial charge in [-0.2, -0.15) is 0 Å². The minimum absolute atomic E-state index is 0.180. The number of ether oxygens (including phenoxy) is 1. The Labute approximate surface area is 116 Å². The largest absolute Gasteiger partial charge is 0.367 e. The van der Waals surface area contributed by atoms with Crippen LogP contribution in [0.2, 0.25) is 0 Å². The average molecular weight is 300 g/mol. The molecule has 0 aliphatic rings. The van der Waals surface area contributed by atoms with Crippen LogP contribution >= 0.6 is 7.60 Å². The van der Waals surface area contributed by atoms with Crippen molar-refractivity contribution < 1.29 is 18.7 Å². The smallest absolute Gasteiger partial charge is 0.353 e. The van der Waals surface area contributed by atoms with Crippen LogP contribution in [-0.4, -0.2) is 44.0 Å². The molecule has 9 heteroatoms. The second-order valence-electron chi connectivity index (χ2n) is 4.16. The van der Waals surface area contributed by atoms with Crippen LogP contribution in [0.25, 0.3) is 11.2 Å². The molecule has 0 aromatic carbocycles. The summed E-state index contributed by atoms with van der Waals surface area (Å²) in [7, 11) is -3.63. The van der Waals surface area contributed by atoms with Gasteiger partial charge in [-0.25, -0.2) is 15.0 Å². The number of rotatable bonds is 7. The molecular weight excluding hydrogens is 283 g/mol. The number of imidazole rings is 1. The normalized spacial score (nSPS) is 14.6. The van der Waals surface area contributed by atoms with Crippen molar-refractivity contribution in [3.8, 4) is 0 Å². The zero-order valence-corrected chi connectivity index (χ0v) is 12.3. The van der Waals surface area contributed by atoms with E-state index in [2.05, 4.69) is 15.0 Å². The van der Waals surface area contributed by atoms with E-state index in [-0.39, 0.29) is 19.6 Å². The van der Waals surface area contributed by atoms with Crippen molar-refractivity contribution in [3.63, 3.8) is 0 Å². The van der Waals surface area contributed by atoms with Gasteiger partial charge < -0.3 is 18.7 Å². The number of nitrogens with zero attached hydrogens (tertiary/aromatic N) is 4. The first-order chi connectivity index (χ1) is 9.53. The molecule has 0 amide bonds. The van der Waals surface area contributed by atoms with Crippen molar-refractivity contribution in [3.05, 3.63) is 18.3 Å². The summed E-state index contributed by atoms with van der Waals surface area (Å²) < 4.78 is 23.1. The van der Waals surface area contributed by atoms with Gasteiger partial charge in [0.1, 0.15) is 18.2 Å². The van der Waals surface area contributed by atoms with E-state index in [4.69, 9.17) is 9.26 Å².